The van der Waals surface area contributed by atoms with E-state index in [1.165, 1.54) is 17.4 Å². The Morgan fingerprint density at radius 2 is 2.00 bits per heavy atom. The lowest BCUT2D eigenvalue weighted by atomic mass is 10.3. The van der Waals surface area contributed by atoms with Crippen LogP contribution in [0.5, 0.6) is 5.75 Å². The minimum Gasteiger partial charge on any atom is -0.494 e. The summed E-state index contributed by atoms with van der Waals surface area (Å²) < 4.78 is 37.9. The van der Waals surface area contributed by atoms with E-state index < -0.39 is 10.0 Å². The Morgan fingerprint density at radius 3 is 2.62 bits per heavy atom. The molecule has 2 heterocycles. The first-order chi connectivity index (χ1) is 11.4. The summed E-state index contributed by atoms with van der Waals surface area (Å²) in [4.78, 5) is 0.436. The number of ether oxygens (including phenoxy) is 1. The van der Waals surface area contributed by atoms with Gasteiger partial charge in [-0.3, -0.25) is 0 Å². The monoisotopic (exact) mass is 402 g/mol. The van der Waals surface area contributed by atoms with Crippen molar-refractivity contribution in [1.82, 2.24) is 4.57 Å². The van der Waals surface area contributed by atoms with Gasteiger partial charge in [-0.1, -0.05) is 22.9 Å². The van der Waals surface area contributed by atoms with Crippen LogP contribution in [-0.2, 0) is 16.6 Å². The number of sulfonamides is 1. The smallest absolute Gasteiger partial charge is 0.294 e. The zero-order valence-corrected chi connectivity index (χ0v) is 16.2. The zero-order chi connectivity index (χ0) is 17.3. The summed E-state index contributed by atoms with van der Waals surface area (Å²) in [5.74, 6) is 0.758. The molecule has 2 aromatic heterocycles. The summed E-state index contributed by atoms with van der Waals surface area (Å²) in [6.45, 7) is 5.07. The highest BCUT2D eigenvalue weighted by atomic mass is 35.5. The third kappa shape index (κ3) is 3.37. The summed E-state index contributed by atoms with van der Waals surface area (Å²) in [6, 6.07) is 8.74. The van der Waals surface area contributed by atoms with Gasteiger partial charge in [0.15, 0.2) is 0 Å². The first kappa shape index (κ1) is 17.5. The predicted molar refractivity (Wildman–Crippen MR) is 98.7 cm³/mol. The van der Waals surface area contributed by atoms with Crippen molar-refractivity contribution in [2.24, 2.45) is 4.40 Å². The summed E-state index contributed by atoms with van der Waals surface area (Å²) in [7, 11) is -3.78. The first-order valence-electron chi connectivity index (χ1n) is 7.27. The molecule has 0 aliphatic heterocycles. The van der Waals surface area contributed by atoms with Gasteiger partial charge in [-0.2, -0.15) is 8.42 Å². The molecular weight excluding hydrogens is 388 g/mol. The first-order valence-corrected chi connectivity index (χ1v) is 10.7. The fourth-order valence-electron chi connectivity index (χ4n) is 2.27. The Morgan fingerprint density at radius 1 is 1.21 bits per heavy atom. The number of benzene rings is 1. The third-order valence-corrected chi connectivity index (χ3v) is 7.40. The maximum absolute atomic E-state index is 12.5. The Kier molecular flexibility index (Phi) is 5.00. The normalized spacial score (nSPS) is 12.9. The molecule has 0 saturated carbocycles. The molecule has 0 saturated heterocycles. The molecule has 0 atom stereocenters. The van der Waals surface area contributed by atoms with Crippen LogP contribution in [0.2, 0.25) is 4.34 Å². The topological polar surface area (TPSA) is 60.7 Å². The van der Waals surface area contributed by atoms with Crippen LogP contribution in [0.25, 0.3) is 10.2 Å². The highest BCUT2D eigenvalue weighted by Gasteiger charge is 2.17. The molecule has 3 rings (SSSR count). The molecule has 0 N–H and O–H groups in total. The number of rotatable bonds is 5. The van der Waals surface area contributed by atoms with Gasteiger partial charge in [0.1, 0.15) is 9.96 Å². The number of aryl methyl sites for hydroxylation is 1. The van der Waals surface area contributed by atoms with E-state index in [1.54, 1.807) is 6.07 Å². The Labute approximate surface area is 152 Å². The number of aromatic nitrogens is 1. The van der Waals surface area contributed by atoms with Crippen LogP contribution in [-0.4, -0.2) is 19.6 Å². The van der Waals surface area contributed by atoms with Crippen molar-refractivity contribution in [2.45, 2.75) is 24.6 Å². The van der Waals surface area contributed by atoms with Crippen LogP contribution in [0.3, 0.4) is 0 Å². The summed E-state index contributed by atoms with van der Waals surface area (Å²) in [5.41, 5.74) is 0.934. The molecule has 128 valence electrons. The van der Waals surface area contributed by atoms with E-state index in [2.05, 4.69) is 4.40 Å². The second-order valence-electron chi connectivity index (χ2n) is 4.82. The number of hydrogen-bond donors (Lipinski definition) is 0. The van der Waals surface area contributed by atoms with Crippen LogP contribution in [0.4, 0.5) is 0 Å². The van der Waals surface area contributed by atoms with Gasteiger partial charge in [-0.25, -0.2) is 0 Å². The average Bonchev–Trinajstić information content (AvgIpc) is 3.10. The molecular formula is C15H15ClN2O3S3. The van der Waals surface area contributed by atoms with Gasteiger partial charge in [0.25, 0.3) is 10.0 Å². The molecule has 0 radical (unpaired) electrons. The molecule has 24 heavy (non-hydrogen) atoms. The molecule has 0 amide bonds. The van der Waals surface area contributed by atoms with Gasteiger partial charge in [0.2, 0.25) is 4.80 Å². The lowest BCUT2D eigenvalue weighted by Gasteiger charge is -2.03. The molecule has 3 aromatic rings. The van der Waals surface area contributed by atoms with Crippen LogP contribution in [0, 0.1) is 0 Å². The van der Waals surface area contributed by atoms with Gasteiger partial charge >= 0.3 is 0 Å². The SMILES string of the molecule is CCOc1ccc2c(c1)sc(=NS(=O)(=O)c1ccc(Cl)s1)n2CC. The Bertz CT molecular complexity index is 1050. The Hall–Kier alpha value is -1.35. The van der Waals surface area contributed by atoms with E-state index in [0.717, 1.165) is 27.3 Å². The molecule has 0 unspecified atom stereocenters. The lowest BCUT2D eigenvalue weighted by molar-refractivity contribution is 0.341. The number of thiophene rings is 1. The molecule has 0 spiro atoms. The van der Waals surface area contributed by atoms with Crippen LogP contribution >= 0.6 is 34.3 Å². The van der Waals surface area contributed by atoms with Crippen molar-refractivity contribution < 1.29 is 13.2 Å². The van der Waals surface area contributed by atoms with Crippen molar-refractivity contribution in [3.8, 4) is 5.75 Å². The van der Waals surface area contributed by atoms with Crippen LogP contribution < -0.4 is 9.54 Å². The van der Waals surface area contributed by atoms with E-state index >= 15 is 0 Å². The molecule has 0 bridgehead atoms. The number of hydrogen-bond acceptors (Lipinski definition) is 5. The highest BCUT2D eigenvalue weighted by Crippen LogP contribution is 2.27. The number of thiazole rings is 1. The zero-order valence-electron chi connectivity index (χ0n) is 13.0. The summed E-state index contributed by atoms with van der Waals surface area (Å²) >= 11 is 8.16. The maximum atomic E-state index is 12.5. The summed E-state index contributed by atoms with van der Waals surface area (Å²) in [5, 5.41) is 0. The molecule has 1 aromatic carbocycles. The van der Waals surface area contributed by atoms with Crippen molar-refractivity contribution >= 4 is 54.5 Å². The van der Waals surface area contributed by atoms with Gasteiger partial charge in [0.05, 0.1) is 21.2 Å². The third-order valence-electron chi connectivity index (χ3n) is 3.28. The summed E-state index contributed by atoms with van der Waals surface area (Å²) in [6.07, 6.45) is 0. The molecule has 9 heteroatoms. The van der Waals surface area contributed by atoms with Crippen molar-refractivity contribution in [2.75, 3.05) is 6.61 Å². The predicted octanol–water partition coefficient (Wildman–Crippen LogP) is 4.13. The maximum Gasteiger partial charge on any atom is 0.294 e. The second kappa shape index (κ2) is 6.87. The van der Waals surface area contributed by atoms with Crippen LogP contribution in [0.15, 0.2) is 38.9 Å². The quantitative estimate of drug-likeness (QED) is 0.644. The molecule has 5 nitrogen and oxygen atoms in total. The minimum absolute atomic E-state index is 0.141. The molecule has 0 fully saturated rings. The fourth-order valence-corrected chi connectivity index (χ4v) is 6.06. The van der Waals surface area contributed by atoms with E-state index in [9.17, 15) is 8.42 Å². The molecule has 0 aliphatic rings. The standard InChI is InChI=1S/C15H15ClN2O3S3/c1-3-18-11-6-5-10(21-4-2)9-12(11)22-15(18)17-24(19,20)14-8-7-13(16)23-14/h5-9H,3-4H2,1-2H3. The molecule has 0 aliphatic carbocycles. The van der Waals surface area contributed by atoms with Gasteiger partial charge in [-0.05, 0) is 44.2 Å². The number of nitrogens with zero attached hydrogens (tertiary/aromatic N) is 2. The van der Waals surface area contributed by atoms with Crippen molar-refractivity contribution in [1.29, 1.82) is 0 Å². The van der Waals surface area contributed by atoms with E-state index in [4.69, 9.17) is 16.3 Å². The second-order valence-corrected chi connectivity index (χ2v) is 9.37. The average molecular weight is 403 g/mol. The lowest BCUT2D eigenvalue weighted by Crippen LogP contribution is -2.15. The van der Waals surface area contributed by atoms with Crippen molar-refractivity contribution in [3.63, 3.8) is 0 Å². The number of fused-ring (bicyclic) bond motifs is 1. The van der Waals surface area contributed by atoms with Gasteiger partial charge in [-0.15, -0.1) is 15.7 Å². The van der Waals surface area contributed by atoms with E-state index in [-0.39, 0.29) is 4.21 Å². The van der Waals surface area contributed by atoms with E-state index in [1.807, 2.05) is 36.6 Å². The Balaban J connectivity index is 2.18. The van der Waals surface area contributed by atoms with Crippen molar-refractivity contribution in [3.05, 3.63) is 39.5 Å². The fraction of sp³-hybridized carbons (Fsp3) is 0.267. The van der Waals surface area contributed by atoms with Gasteiger partial charge < -0.3 is 9.30 Å². The van der Waals surface area contributed by atoms with Crippen LogP contribution in [0.1, 0.15) is 13.8 Å². The van der Waals surface area contributed by atoms with E-state index in [0.29, 0.717) is 22.3 Å². The minimum atomic E-state index is -3.78. The highest BCUT2D eigenvalue weighted by molar-refractivity contribution is 7.92. The number of halogens is 1. The van der Waals surface area contributed by atoms with Gasteiger partial charge in [0, 0.05) is 6.54 Å². The largest absolute Gasteiger partial charge is 0.494 e.